The van der Waals surface area contributed by atoms with Gasteiger partial charge < -0.3 is 5.73 Å². The first-order chi connectivity index (χ1) is 6.94. The molecule has 0 spiro atoms. The Balaban J connectivity index is 2.32. The molecule has 4 heteroatoms. The number of nitro groups is 1. The van der Waals surface area contributed by atoms with Gasteiger partial charge in [-0.25, -0.2) is 0 Å². The van der Waals surface area contributed by atoms with Crippen LogP contribution in [0.5, 0.6) is 0 Å². The molecule has 2 unspecified atom stereocenters. The molecule has 2 atom stereocenters. The number of hydrogen-bond acceptors (Lipinski definition) is 3. The molecule has 80 valence electrons. The Hall–Kier alpha value is -1.42. The fourth-order valence-electron chi connectivity index (χ4n) is 2.15. The van der Waals surface area contributed by atoms with Crippen LogP contribution in [0.1, 0.15) is 25.3 Å². The van der Waals surface area contributed by atoms with Crippen molar-refractivity contribution in [2.24, 2.45) is 11.1 Å². The van der Waals surface area contributed by atoms with Gasteiger partial charge in [0.1, 0.15) is 0 Å². The molecule has 4 nitrogen and oxygen atoms in total. The second kappa shape index (κ2) is 3.03. The van der Waals surface area contributed by atoms with Gasteiger partial charge in [-0.1, -0.05) is 26.0 Å². The quantitative estimate of drug-likeness (QED) is 0.594. The summed E-state index contributed by atoms with van der Waals surface area (Å²) in [5, 5.41) is 10.6. The Morgan fingerprint density at radius 2 is 2.07 bits per heavy atom. The van der Waals surface area contributed by atoms with E-state index in [1.54, 1.807) is 12.1 Å². The van der Waals surface area contributed by atoms with Gasteiger partial charge in [0.25, 0.3) is 5.69 Å². The first-order valence-electron chi connectivity index (χ1n) is 4.94. The highest BCUT2D eigenvalue weighted by Crippen LogP contribution is 2.57. The van der Waals surface area contributed by atoms with Crippen molar-refractivity contribution in [2.45, 2.75) is 25.8 Å². The number of hydrogen-bond donors (Lipinski definition) is 1. The molecule has 0 bridgehead atoms. The molecular formula is C11H14N2O2. The molecule has 1 aliphatic rings. The van der Waals surface area contributed by atoms with Gasteiger partial charge in [0, 0.05) is 24.1 Å². The van der Waals surface area contributed by atoms with Crippen LogP contribution in [-0.4, -0.2) is 11.0 Å². The second-order valence-corrected chi connectivity index (χ2v) is 4.68. The van der Waals surface area contributed by atoms with Crippen molar-refractivity contribution in [3.05, 3.63) is 39.9 Å². The van der Waals surface area contributed by atoms with E-state index in [9.17, 15) is 10.1 Å². The molecule has 1 fully saturated rings. The van der Waals surface area contributed by atoms with E-state index in [0.29, 0.717) is 0 Å². The molecular weight excluding hydrogens is 192 g/mol. The lowest BCUT2D eigenvalue weighted by Crippen LogP contribution is -2.06. The lowest BCUT2D eigenvalue weighted by atomic mass is 10.0. The third-order valence-electron chi connectivity index (χ3n) is 3.35. The van der Waals surface area contributed by atoms with Crippen LogP contribution in [0.25, 0.3) is 0 Å². The van der Waals surface area contributed by atoms with E-state index in [1.165, 1.54) is 6.07 Å². The van der Waals surface area contributed by atoms with Crippen molar-refractivity contribution in [1.82, 2.24) is 0 Å². The van der Waals surface area contributed by atoms with Crippen molar-refractivity contribution in [1.29, 1.82) is 0 Å². The number of non-ortho nitro benzene ring substituents is 1. The number of nitrogens with two attached hydrogens (primary N) is 1. The second-order valence-electron chi connectivity index (χ2n) is 4.68. The van der Waals surface area contributed by atoms with Crippen molar-refractivity contribution in [3.63, 3.8) is 0 Å². The first-order valence-corrected chi connectivity index (χ1v) is 4.94. The molecule has 1 aliphatic carbocycles. The summed E-state index contributed by atoms with van der Waals surface area (Å²) in [5.74, 6) is 0.248. The average Bonchev–Trinajstić information content (AvgIpc) is 2.66. The zero-order chi connectivity index (χ0) is 11.2. The van der Waals surface area contributed by atoms with E-state index in [2.05, 4.69) is 13.8 Å². The Morgan fingerprint density at radius 1 is 1.47 bits per heavy atom. The average molecular weight is 206 g/mol. The van der Waals surface area contributed by atoms with Gasteiger partial charge in [-0.15, -0.1) is 0 Å². The van der Waals surface area contributed by atoms with E-state index in [1.807, 2.05) is 6.07 Å². The fraction of sp³-hybridized carbons (Fsp3) is 0.455. The van der Waals surface area contributed by atoms with E-state index >= 15 is 0 Å². The predicted octanol–water partition coefficient (Wildman–Crippen LogP) is 2.05. The smallest absolute Gasteiger partial charge is 0.269 e. The molecule has 2 rings (SSSR count). The Bertz CT molecular complexity index is 415. The van der Waals surface area contributed by atoms with Crippen LogP contribution >= 0.6 is 0 Å². The Morgan fingerprint density at radius 3 is 2.53 bits per heavy atom. The Labute approximate surface area is 88.2 Å². The van der Waals surface area contributed by atoms with Gasteiger partial charge in [0.05, 0.1) is 4.92 Å². The minimum absolute atomic E-state index is 0.0647. The van der Waals surface area contributed by atoms with Gasteiger partial charge >= 0.3 is 0 Å². The zero-order valence-corrected chi connectivity index (χ0v) is 8.81. The van der Waals surface area contributed by atoms with Gasteiger partial charge in [-0.05, 0) is 11.0 Å². The highest BCUT2D eigenvalue weighted by atomic mass is 16.6. The maximum Gasteiger partial charge on any atom is 0.269 e. The maximum absolute atomic E-state index is 10.6. The topological polar surface area (TPSA) is 69.2 Å². The van der Waals surface area contributed by atoms with E-state index in [4.69, 9.17) is 5.73 Å². The summed E-state index contributed by atoms with van der Waals surface area (Å²) in [4.78, 5) is 10.2. The summed E-state index contributed by atoms with van der Waals surface area (Å²) in [5.41, 5.74) is 7.11. The minimum atomic E-state index is -0.371. The van der Waals surface area contributed by atoms with Crippen molar-refractivity contribution >= 4 is 5.69 Å². The number of benzene rings is 1. The molecule has 0 saturated heterocycles. The van der Waals surface area contributed by atoms with Crippen LogP contribution in [0.4, 0.5) is 5.69 Å². The summed E-state index contributed by atoms with van der Waals surface area (Å²) in [7, 11) is 0. The van der Waals surface area contributed by atoms with Crippen LogP contribution in [0.15, 0.2) is 24.3 Å². The normalized spacial score (nSPS) is 27.4. The van der Waals surface area contributed by atoms with Crippen LogP contribution < -0.4 is 5.73 Å². The minimum Gasteiger partial charge on any atom is -0.327 e. The molecule has 15 heavy (non-hydrogen) atoms. The third-order valence-corrected chi connectivity index (χ3v) is 3.35. The number of rotatable bonds is 2. The molecule has 0 aliphatic heterocycles. The SMILES string of the molecule is CC1(C)C(N)C1c1cccc([N+](=O)[O-])c1. The summed E-state index contributed by atoms with van der Waals surface area (Å²) in [6.45, 7) is 4.17. The van der Waals surface area contributed by atoms with Crippen molar-refractivity contribution < 1.29 is 4.92 Å². The Kier molecular flexibility index (Phi) is 2.04. The molecule has 0 radical (unpaired) electrons. The number of nitro benzene ring substituents is 1. The molecule has 0 amide bonds. The molecule has 0 aromatic heterocycles. The molecule has 1 aromatic carbocycles. The molecule has 2 N–H and O–H groups in total. The maximum atomic E-state index is 10.6. The first kappa shape index (κ1) is 10.1. The largest absolute Gasteiger partial charge is 0.327 e. The monoisotopic (exact) mass is 206 g/mol. The fourth-order valence-corrected chi connectivity index (χ4v) is 2.15. The predicted molar refractivity (Wildman–Crippen MR) is 57.6 cm³/mol. The van der Waals surface area contributed by atoms with Gasteiger partial charge in [-0.2, -0.15) is 0 Å². The van der Waals surface area contributed by atoms with Gasteiger partial charge in [0.15, 0.2) is 0 Å². The summed E-state index contributed by atoms with van der Waals surface area (Å²) < 4.78 is 0. The van der Waals surface area contributed by atoms with Crippen molar-refractivity contribution in [3.8, 4) is 0 Å². The van der Waals surface area contributed by atoms with Gasteiger partial charge in [0.2, 0.25) is 0 Å². The van der Waals surface area contributed by atoms with Crippen LogP contribution in [0.3, 0.4) is 0 Å². The zero-order valence-electron chi connectivity index (χ0n) is 8.81. The summed E-state index contributed by atoms with van der Waals surface area (Å²) in [6, 6.07) is 6.87. The van der Waals surface area contributed by atoms with E-state index in [0.717, 1.165) is 5.56 Å². The highest BCUT2D eigenvalue weighted by molar-refractivity contribution is 5.41. The highest BCUT2D eigenvalue weighted by Gasteiger charge is 2.56. The van der Waals surface area contributed by atoms with Crippen LogP contribution in [0, 0.1) is 15.5 Å². The van der Waals surface area contributed by atoms with E-state index in [-0.39, 0.29) is 28.0 Å². The number of nitrogens with zero attached hydrogens (tertiary/aromatic N) is 1. The summed E-state index contributed by atoms with van der Waals surface area (Å²) >= 11 is 0. The molecule has 0 heterocycles. The summed E-state index contributed by atoms with van der Waals surface area (Å²) in [6.07, 6.45) is 0. The lowest BCUT2D eigenvalue weighted by molar-refractivity contribution is -0.384. The van der Waals surface area contributed by atoms with Crippen molar-refractivity contribution in [2.75, 3.05) is 0 Å². The molecule has 1 aromatic rings. The van der Waals surface area contributed by atoms with Crippen LogP contribution in [0.2, 0.25) is 0 Å². The van der Waals surface area contributed by atoms with E-state index < -0.39 is 0 Å². The third kappa shape index (κ3) is 1.51. The standard InChI is InChI=1S/C11H14N2O2/c1-11(2)9(10(11)12)7-4-3-5-8(6-7)13(14)15/h3-6,9-10H,12H2,1-2H3. The van der Waals surface area contributed by atoms with Crippen LogP contribution in [-0.2, 0) is 0 Å². The molecule has 1 saturated carbocycles. The van der Waals surface area contributed by atoms with Gasteiger partial charge in [-0.3, -0.25) is 10.1 Å². The lowest BCUT2D eigenvalue weighted by Gasteiger charge is -2.02.